The van der Waals surface area contributed by atoms with Crippen molar-refractivity contribution in [3.05, 3.63) is 46.5 Å². The minimum Gasteiger partial charge on any atom is -0.478 e. The number of anilines is 2. The topological polar surface area (TPSA) is 555 Å². The van der Waals surface area contributed by atoms with Gasteiger partial charge in [-0.2, -0.15) is 27.0 Å². The first kappa shape index (κ1) is 55.9. The van der Waals surface area contributed by atoms with Crippen molar-refractivity contribution >= 4 is 106 Å². The summed E-state index contributed by atoms with van der Waals surface area (Å²) in [5.41, 5.74) is 22.3. The van der Waals surface area contributed by atoms with E-state index >= 15 is 0 Å². The molecule has 2 saturated heterocycles. The van der Waals surface area contributed by atoms with Crippen LogP contribution in [0.4, 0.5) is 10.3 Å². The molecular formula is C33H44N20O16S4. The van der Waals surface area contributed by atoms with E-state index in [2.05, 4.69) is 56.1 Å². The molecule has 0 saturated carbocycles. The summed E-state index contributed by atoms with van der Waals surface area (Å²) >= 11 is 1.90. The number of rotatable bonds is 21. The lowest BCUT2D eigenvalue weighted by molar-refractivity contribution is -0.161. The Hall–Kier alpha value is -8.05. The van der Waals surface area contributed by atoms with Crippen LogP contribution < -0.4 is 39.3 Å². The van der Waals surface area contributed by atoms with E-state index in [0.29, 0.717) is 0 Å². The quantitative estimate of drug-likeness (QED) is 0.0122. The number of carbonyl (C=O) groups excluding carboxylic acids is 4. The molecule has 2 fully saturated rings. The Balaban J connectivity index is 0.000000272. The number of guanidine groups is 1. The molecule has 4 atom stereocenters. The molecule has 0 aromatic carbocycles. The average Bonchev–Trinajstić information content (AvgIpc) is 4.12. The fraction of sp³-hybridized carbons (Fsp3) is 0.424. The lowest BCUT2D eigenvalue weighted by Crippen LogP contribution is -2.73. The molecule has 0 unspecified atom stereocenters. The first-order chi connectivity index (χ1) is 33.8. The largest absolute Gasteiger partial charge is 0.478 e. The molecule has 73 heavy (non-hydrogen) atoms. The number of aliphatic imine (C=N–C) groups is 1. The molecule has 2 aliphatic rings. The summed E-state index contributed by atoms with van der Waals surface area (Å²) < 4.78 is 68.7. The van der Waals surface area contributed by atoms with Crippen LogP contribution in [0.3, 0.4) is 0 Å². The molecule has 0 bridgehead atoms. The molecule has 4 aromatic heterocycles. The van der Waals surface area contributed by atoms with Gasteiger partial charge in [0, 0.05) is 10.8 Å². The zero-order valence-corrected chi connectivity index (χ0v) is 41.2. The van der Waals surface area contributed by atoms with Crippen molar-refractivity contribution in [2.45, 2.75) is 89.2 Å². The number of aromatic nitrogens is 8. The number of β-lactam (4-membered cyclic amide) rings is 2. The highest BCUT2D eigenvalue weighted by atomic mass is 32.2. The van der Waals surface area contributed by atoms with Gasteiger partial charge >= 0.3 is 32.5 Å². The van der Waals surface area contributed by atoms with E-state index in [0.717, 1.165) is 27.4 Å². The average molecular weight is 1110 g/mol. The summed E-state index contributed by atoms with van der Waals surface area (Å²) in [7, 11) is -9.97. The fourth-order valence-electron chi connectivity index (χ4n) is 5.85. The number of amides is 4. The van der Waals surface area contributed by atoms with Gasteiger partial charge in [0.05, 0.1) is 31.7 Å². The Morgan fingerprint density at radius 1 is 0.726 bits per heavy atom. The molecular weight excluding hydrogens is 1060 g/mol. The van der Waals surface area contributed by atoms with Crippen molar-refractivity contribution < 1.29 is 74.6 Å². The van der Waals surface area contributed by atoms with Gasteiger partial charge < -0.3 is 59.2 Å². The normalized spacial score (nSPS) is 18.4. The van der Waals surface area contributed by atoms with E-state index in [4.69, 9.17) is 38.3 Å². The number of oxime groups is 2. The van der Waals surface area contributed by atoms with Crippen molar-refractivity contribution in [3.8, 4) is 0 Å². The standard InChI is InChI=1S/C17H23N11O8S2.C16H21N9O8S2/c1-17(2,14(31)32)36-26-10(7-5-37-16(20)23-7)12(29)24-11-8(28(13(11)30)38(33,34)35)4-27-6-22-9(25-27)3-21-15(18)19;1-16(2,14(28)29)33-23-10(7-5-34-15(18)20-7)12(26)21-11-8(25(13(11)27)35(30,31)32)4-24-6-19-9(3-17)22-24/h5-6,8,11H,3-4H2,1-2H3,(H2,20,23)(H,24,29)(H,31,32)(H4,18,19,21)(H,33,34,35);5-6,8,11H,3-4,17H2,1-2H3,(H2,18,20)(H,21,26)(H,28,29)(H,30,31,32)/b26-10-;23-10-/t2*8-,11+/m11/s1. The van der Waals surface area contributed by atoms with E-state index in [9.17, 15) is 64.9 Å². The molecule has 6 heterocycles. The predicted molar refractivity (Wildman–Crippen MR) is 247 cm³/mol. The summed E-state index contributed by atoms with van der Waals surface area (Å²) in [5, 5.41) is 41.1. The Kier molecular flexibility index (Phi) is 16.6. The van der Waals surface area contributed by atoms with Crippen molar-refractivity contribution in [3.63, 3.8) is 0 Å². The third-order valence-electron chi connectivity index (χ3n) is 9.63. The van der Waals surface area contributed by atoms with Crippen LogP contribution in [0.25, 0.3) is 0 Å². The second-order valence-electron chi connectivity index (χ2n) is 15.8. The van der Waals surface area contributed by atoms with E-state index in [-0.39, 0.29) is 74.0 Å². The lowest BCUT2D eigenvalue weighted by Gasteiger charge is -2.43. The van der Waals surface area contributed by atoms with Crippen molar-refractivity contribution in [2.24, 2.45) is 32.5 Å². The van der Waals surface area contributed by atoms with Crippen LogP contribution in [0, 0.1) is 0 Å². The van der Waals surface area contributed by atoms with Gasteiger partial charge in [-0.1, -0.05) is 10.3 Å². The van der Waals surface area contributed by atoms with E-state index in [1.807, 2.05) is 0 Å². The number of nitrogen functional groups attached to an aromatic ring is 2. The van der Waals surface area contributed by atoms with E-state index in [1.54, 1.807) is 0 Å². The van der Waals surface area contributed by atoms with Crippen LogP contribution in [0.15, 0.2) is 38.7 Å². The van der Waals surface area contributed by atoms with Gasteiger partial charge in [0.15, 0.2) is 39.3 Å². The molecule has 0 spiro atoms. The summed E-state index contributed by atoms with van der Waals surface area (Å²) in [6.45, 7) is 4.05. The second-order valence-corrected chi connectivity index (χ2v) is 20.2. The number of nitrogens with two attached hydrogens (primary N) is 5. The number of aliphatic carboxylic acids is 2. The van der Waals surface area contributed by atoms with Crippen LogP contribution in [0.5, 0.6) is 0 Å². The Bertz CT molecular complexity index is 3100. The van der Waals surface area contributed by atoms with Gasteiger partial charge in [-0.05, 0) is 27.7 Å². The molecule has 4 amide bonds. The van der Waals surface area contributed by atoms with Gasteiger partial charge in [-0.15, -0.1) is 22.7 Å². The summed E-state index contributed by atoms with van der Waals surface area (Å²) in [5.74, 6) is -6.96. The fourth-order valence-corrected chi connectivity index (χ4v) is 8.69. The zero-order chi connectivity index (χ0) is 54.5. The van der Waals surface area contributed by atoms with Crippen LogP contribution in [0.1, 0.15) is 50.7 Å². The molecule has 0 aliphatic carbocycles. The number of nitrogens with zero attached hydrogens (tertiary/aromatic N) is 13. The number of hydrogen-bond acceptors (Lipinski definition) is 26. The maximum absolute atomic E-state index is 13.1. The Morgan fingerprint density at radius 3 is 1.42 bits per heavy atom. The molecule has 16 N–H and O–H groups in total. The van der Waals surface area contributed by atoms with E-state index in [1.165, 1.54) is 55.8 Å². The predicted octanol–water partition coefficient (Wildman–Crippen LogP) is -5.57. The maximum atomic E-state index is 13.1. The zero-order valence-electron chi connectivity index (χ0n) is 38.0. The second kappa shape index (κ2) is 21.7. The minimum absolute atomic E-state index is 0.00205. The third-order valence-corrected chi connectivity index (χ3v) is 12.9. The van der Waals surface area contributed by atoms with Gasteiger partial charge in [-0.25, -0.2) is 43.1 Å². The van der Waals surface area contributed by atoms with Gasteiger partial charge in [-0.3, -0.25) is 37.6 Å². The lowest BCUT2D eigenvalue weighted by atomic mass is 9.98. The highest BCUT2D eigenvalue weighted by Crippen LogP contribution is 2.27. The number of carbonyl (C=O) groups is 6. The Labute approximate surface area is 418 Å². The number of carboxylic acids is 2. The highest BCUT2D eigenvalue weighted by molar-refractivity contribution is 7.84. The number of carboxylic acid groups (broad SMARTS) is 2. The SMILES string of the molecule is CC(C)(O/N=C(\C(=O)N[C@@H]1C(=O)N(S(=O)(=O)O)[C@@H]1Cn1cnc(CN)n1)c1csc(N)n1)C(=O)O.CC(C)(O/N=C(\C(=O)N[C@@H]1C(=O)N(S(=O)(=O)O)[C@@H]1Cn1cnc(CN=C(N)N)n1)c1csc(N)n1)C(=O)O. The van der Waals surface area contributed by atoms with Gasteiger partial charge in [0.25, 0.3) is 23.6 Å². The first-order valence-electron chi connectivity index (χ1n) is 20.0. The summed E-state index contributed by atoms with van der Waals surface area (Å²) in [6.07, 6.45) is 2.44. The molecule has 4 aromatic rings. The van der Waals surface area contributed by atoms with Crippen molar-refractivity contribution in [1.82, 2.24) is 58.7 Å². The van der Waals surface area contributed by atoms with Gasteiger partial charge in [0.2, 0.25) is 11.2 Å². The van der Waals surface area contributed by atoms with Crippen LogP contribution >= 0.6 is 22.7 Å². The molecule has 396 valence electrons. The van der Waals surface area contributed by atoms with Crippen LogP contribution in [-0.2, 0) is 85.2 Å². The third kappa shape index (κ3) is 13.5. The minimum atomic E-state index is -5.01. The van der Waals surface area contributed by atoms with Crippen LogP contribution in [-0.4, -0.2) is 173 Å². The molecule has 6 rings (SSSR count). The molecule has 2 aliphatic heterocycles. The van der Waals surface area contributed by atoms with Crippen molar-refractivity contribution in [2.75, 3.05) is 11.5 Å². The molecule has 40 heteroatoms. The van der Waals surface area contributed by atoms with Gasteiger partial charge in [0.1, 0.15) is 42.7 Å². The monoisotopic (exact) mass is 1100 g/mol. The maximum Gasteiger partial charge on any atom is 0.362 e. The first-order valence-corrected chi connectivity index (χ1v) is 24.6. The highest BCUT2D eigenvalue weighted by Gasteiger charge is 2.56. The molecule has 0 radical (unpaired) electrons. The Morgan fingerprint density at radius 2 is 1.11 bits per heavy atom. The molecule has 36 nitrogen and oxygen atoms in total. The van der Waals surface area contributed by atoms with Crippen LogP contribution in [0.2, 0.25) is 0 Å². The smallest absolute Gasteiger partial charge is 0.362 e. The number of nitrogens with one attached hydrogen (secondary N) is 2. The van der Waals surface area contributed by atoms with Crippen molar-refractivity contribution in [1.29, 1.82) is 0 Å². The summed E-state index contributed by atoms with van der Waals surface area (Å²) in [6, 6.07) is -5.55. The van der Waals surface area contributed by atoms with E-state index < -0.39 is 103 Å². The summed E-state index contributed by atoms with van der Waals surface area (Å²) in [4.78, 5) is 103. The number of thiazole rings is 2. The number of hydrogen-bond donors (Lipinski definition) is 11.